The van der Waals surface area contributed by atoms with Crippen molar-refractivity contribution in [1.29, 1.82) is 0 Å². The van der Waals surface area contributed by atoms with Crippen molar-refractivity contribution in [3.8, 4) is 0 Å². The molecular formula is C10H8Cl2N6OS. The number of aryl methyl sites for hydroxylation is 1. The number of tetrazole rings is 1. The van der Waals surface area contributed by atoms with Gasteiger partial charge in [0.05, 0.1) is 22.7 Å². The van der Waals surface area contributed by atoms with E-state index in [0.29, 0.717) is 0 Å². The maximum Gasteiger partial charge on any atom is 0.269 e. The maximum absolute atomic E-state index is 12.0. The van der Waals surface area contributed by atoms with Crippen LogP contribution in [0.2, 0.25) is 10.0 Å². The van der Waals surface area contributed by atoms with Crippen molar-refractivity contribution < 1.29 is 4.79 Å². The zero-order chi connectivity index (χ0) is 14.7. The van der Waals surface area contributed by atoms with Crippen molar-refractivity contribution >= 4 is 52.4 Å². The molecule has 0 saturated carbocycles. The molecule has 0 fully saturated rings. The smallest absolute Gasteiger partial charge is 0.269 e. The lowest BCUT2D eigenvalue weighted by atomic mass is 10.2. The molecule has 0 spiro atoms. The number of nitrogens with one attached hydrogen (secondary N) is 2. The Hall–Kier alpha value is -1.77. The Kier molecular flexibility index (Phi) is 4.48. The van der Waals surface area contributed by atoms with Gasteiger partial charge in [-0.1, -0.05) is 34.4 Å². The lowest BCUT2D eigenvalue weighted by Crippen LogP contribution is -2.34. The number of hydrogen-bond acceptors (Lipinski definition) is 5. The van der Waals surface area contributed by atoms with Gasteiger partial charge < -0.3 is 0 Å². The summed E-state index contributed by atoms with van der Waals surface area (Å²) in [6.45, 7) is 0. The molecule has 0 aliphatic heterocycles. The van der Waals surface area contributed by atoms with E-state index >= 15 is 0 Å². The fourth-order valence-corrected chi connectivity index (χ4v) is 1.89. The van der Waals surface area contributed by atoms with Crippen molar-refractivity contribution in [2.45, 2.75) is 0 Å². The van der Waals surface area contributed by atoms with Gasteiger partial charge in [-0.2, -0.15) is 4.80 Å². The highest BCUT2D eigenvalue weighted by molar-refractivity contribution is 7.80. The second-order valence-electron chi connectivity index (χ2n) is 3.61. The lowest BCUT2D eigenvalue weighted by Gasteiger charge is -2.08. The highest BCUT2D eigenvalue weighted by Gasteiger charge is 2.14. The molecule has 2 N–H and O–H groups in total. The number of rotatable bonds is 2. The van der Waals surface area contributed by atoms with E-state index in [1.807, 2.05) is 0 Å². The van der Waals surface area contributed by atoms with Gasteiger partial charge in [0.1, 0.15) is 0 Å². The van der Waals surface area contributed by atoms with Gasteiger partial charge >= 0.3 is 0 Å². The number of amides is 1. The molecule has 0 radical (unpaired) electrons. The van der Waals surface area contributed by atoms with Crippen molar-refractivity contribution in [3.63, 3.8) is 0 Å². The number of anilines is 1. The van der Waals surface area contributed by atoms with E-state index in [4.69, 9.17) is 35.4 Å². The lowest BCUT2D eigenvalue weighted by molar-refractivity contribution is 0.0978. The monoisotopic (exact) mass is 330 g/mol. The first-order valence-electron chi connectivity index (χ1n) is 5.27. The summed E-state index contributed by atoms with van der Waals surface area (Å²) >= 11 is 16.7. The number of halogens is 2. The number of carbonyl (C=O) groups is 1. The van der Waals surface area contributed by atoms with Crippen LogP contribution in [0.25, 0.3) is 0 Å². The number of hydrogen-bond donors (Lipinski definition) is 2. The van der Waals surface area contributed by atoms with Crippen LogP contribution in [-0.4, -0.2) is 31.2 Å². The number of benzene rings is 1. The largest absolute Gasteiger partial charge is 0.299 e. The molecule has 2 rings (SSSR count). The Morgan fingerprint density at radius 2 is 2.15 bits per heavy atom. The van der Waals surface area contributed by atoms with Gasteiger partial charge in [0.25, 0.3) is 11.9 Å². The summed E-state index contributed by atoms with van der Waals surface area (Å²) in [7, 11) is 1.60. The van der Waals surface area contributed by atoms with E-state index in [9.17, 15) is 4.79 Å². The van der Waals surface area contributed by atoms with Crippen LogP contribution >= 0.6 is 35.4 Å². The third-order valence-electron chi connectivity index (χ3n) is 2.16. The zero-order valence-electron chi connectivity index (χ0n) is 10.1. The molecule has 20 heavy (non-hydrogen) atoms. The number of carbonyl (C=O) groups excluding carboxylic acids is 1. The Morgan fingerprint density at radius 3 is 2.80 bits per heavy atom. The fraction of sp³-hybridized carbons (Fsp3) is 0.100. The molecule has 0 bridgehead atoms. The minimum absolute atomic E-state index is 0.0269. The highest BCUT2D eigenvalue weighted by atomic mass is 35.5. The van der Waals surface area contributed by atoms with Gasteiger partial charge in [0.15, 0.2) is 5.11 Å². The van der Waals surface area contributed by atoms with Crippen LogP contribution in [0.15, 0.2) is 18.2 Å². The predicted molar refractivity (Wildman–Crippen MR) is 78.9 cm³/mol. The molecule has 0 atom stereocenters. The summed E-state index contributed by atoms with van der Waals surface area (Å²) in [5.41, 5.74) is 0.218. The van der Waals surface area contributed by atoms with E-state index in [0.717, 1.165) is 0 Å². The average Bonchev–Trinajstić information content (AvgIpc) is 2.77. The molecular weight excluding hydrogens is 323 g/mol. The fourth-order valence-electron chi connectivity index (χ4n) is 1.32. The molecule has 0 aliphatic rings. The van der Waals surface area contributed by atoms with Gasteiger partial charge in [-0.05, 0) is 29.6 Å². The van der Waals surface area contributed by atoms with E-state index in [2.05, 4.69) is 26.0 Å². The maximum atomic E-state index is 12.0. The predicted octanol–water partition coefficient (Wildman–Crippen LogP) is 1.64. The molecule has 0 unspecified atom stereocenters. The van der Waals surface area contributed by atoms with Gasteiger partial charge in [0, 0.05) is 0 Å². The number of thiocarbonyl (C=S) groups is 1. The minimum Gasteiger partial charge on any atom is -0.299 e. The van der Waals surface area contributed by atoms with Crippen LogP contribution in [0.3, 0.4) is 0 Å². The second kappa shape index (κ2) is 6.12. The molecule has 10 heteroatoms. The summed E-state index contributed by atoms with van der Waals surface area (Å²) in [5, 5.41) is 16.7. The molecule has 2 aromatic rings. The molecule has 7 nitrogen and oxygen atoms in total. The Balaban J connectivity index is 2.04. The van der Waals surface area contributed by atoms with Crippen molar-refractivity contribution in [2.75, 3.05) is 5.32 Å². The van der Waals surface area contributed by atoms with Crippen molar-refractivity contribution in [1.82, 2.24) is 25.5 Å². The van der Waals surface area contributed by atoms with Crippen LogP contribution in [0.5, 0.6) is 0 Å². The standard InChI is InChI=1S/C10H8Cl2N6OS/c1-18-16-9(15-17-18)14-10(20)13-8(19)5-3-2-4-6(11)7(5)12/h2-4H,1H3,(H2,13,14,16,19,20). The summed E-state index contributed by atoms with van der Waals surface area (Å²) in [6.07, 6.45) is 0. The molecule has 0 saturated heterocycles. The average molecular weight is 331 g/mol. The van der Waals surface area contributed by atoms with Crippen LogP contribution in [0, 0.1) is 0 Å². The van der Waals surface area contributed by atoms with E-state index in [1.165, 1.54) is 10.9 Å². The quantitative estimate of drug-likeness (QED) is 0.814. The molecule has 1 aromatic heterocycles. The molecule has 1 aromatic carbocycles. The summed E-state index contributed by atoms with van der Waals surface area (Å²) in [6, 6.07) is 4.73. The second-order valence-corrected chi connectivity index (χ2v) is 4.81. The number of nitrogens with zero attached hydrogens (tertiary/aromatic N) is 4. The van der Waals surface area contributed by atoms with Crippen LogP contribution < -0.4 is 10.6 Å². The first-order chi connectivity index (χ1) is 9.47. The van der Waals surface area contributed by atoms with E-state index in [1.54, 1.807) is 19.2 Å². The van der Waals surface area contributed by atoms with Crippen LogP contribution in [0.4, 0.5) is 5.95 Å². The topological polar surface area (TPSA) is 84.7 Å². The van der Waals surface area contributed by atoms with Crippen molar-refractivity contribution in [2.24, 2.45) is 7.05 Å². The van der Waals surface area contributed by atoms with E-state index < -0.39 is 5.91 Å². The Morgan fingerprint density at radius 1 is 1.40 bits per heavy atom. The van der Waals surface area contributed by atoms with Crippen molar-refractivity contribution in [3.05, 3.63) is 33.8 Å². The van der Waals surface area contributed by atoms with Gasteiger partial charge in [-0.25, -0.2) is 0 Å². The van der Waals surface area contributed by atoms with Crippen LogP contribution in [-0.2, 0) is 7.05 Å². The Bertz CT molecular complexity index is 674. The summed E-state index contributed by atoms with van der Waals surface area (Å²) < 4.78 is 0. The SMILES string of the molecule is Cn1nnc(NC(=S)NC(=O)c2cccc(Cl)c2Cl)n1. The summed E-state index contributed by atoms with van der Waals surface area (Å²) in [4.78, 5) is 13.2. The van der Waals surface area contributed by atoms with Gasteiger partial charge in [-0.15, -0.1) is 5.10 Å². The first kappa shape index (κ1) is 14.6. The summed E-state index contributed by atoms with van der Waals surface area (Å²) in [5.74, 6) is -0.311. The van der Waals surface area contributed by atoms with Gasteiger partial charge in [-0.3, -0.25) is 15.4 Å². The third kappa shape index (κ3) is 3.41. The van der Waals surface area contributed by atoms with E-state index in [-0.39, 0.29) is 26.7 Å². The number of aromatic nitrogens is 4. The Labute approximate surface area is 129 Å². The van der Waals surface area contributed by atoms with Gasteiger partial charge in [0.2, 0.25) is 0 Å². The molecule has 1 heterocycles. The molecule has 104 valence electrons. The highest BCUT2D eigenvalue weighted by Crippen LogP contribution is 2.25. The molecule has 1 amide bonds. The molecule has 0 aliphatic carbocycles. The third-order valence-corrected chi connectivity index (χ3v) is 3.18. The minimum atomic E-state index is -0.487. The van der Waals surface area contributed by atoms with Crippen LogP contribution in [0.1, 0.15) is 10.4 Å². The first-order valence-corrected chi connectivity index (χ1v) is 6.44. The zero-order valence-corrected chi connectivity index (χ0v) is 12.4. The normalized spacial score (nSPS) is 10.2.